The maximum atomic E-state index is 13.6. The Balaban J connectivity index is 1.60. The Kier molecular flexibility index (Phi) is 6.72. The van der Waals surface area contributed by atoms with Crippen molar-refractivity contribution < 1.29 is 14.4 Å². The third-order valence-electron chi connectivity index (χ3n) is 6.65. The van der Waals surface area contributed by atoms with Gasteiger partial charge in [-0.25, -0.2) is 9.69 Å². The molecule has 2 heterocycles. The molecule has 0 atom stereocenters. The molecule has 0 saturated carbocycles. The van der Waals surface area contributed by atoms with E-state index in [0.29, 0.717) is 11.3 Å². The van der Waals surface area contributed by atoms with E-state index in [2.05, 4.69) is 25.8 Å². The molecule has 5 aromatic rings. The number of carbonyl (C=O) groups is 3. The maximum absolute atomic E-state index is 13.6. The summed E-state index contributed by atoms with van der Waals surface area (Å²) in [5.41, 5.74) is 5.37. The average molecular weight is 588 g/mol. The Bertz CT molecular complexity index is 1760. The molecule has 1 N–H and O–H groups in total. The summed E-state index contributed by atoms with van der Waals surface area (Å²) in [5, 5.41) is 2.33. The van der Waals surface area contributed by atoms with Crippen LogP contribution in [-0.4, -0.2) is 22.4 Å². The van der Waals surface area contributed by atoms with Gasteiger partial charge < -0.3 is 4.57 Å². The largest absolute Gasteiger partial charge is 0.335 e. The van der Waals surface area contributed by atoms with Crippen LogP contribution in [-0.2, 0) is 9.59 Å². The van der Waals surface area contributed by atoms with E-state index >= 15 is 0 Å². The second-order valence-corrected chi connectivity index (χ2v) is 10.1. The van der Waals surface area contributed by atoms with Crippen molar-refractivity contribution >= 4 is 45.5 Å². The predicted molar refractivity (Wildman–Crippen MR) is 160 cm³/mol. The molecule has 1 saturated heterocycles. The van der Waals surface area contributed by atoms with Gasteiger partial charge >= 0.3 is 6.03 Å². The number of hydrogen-bond acceptors (Lipinski definition) is 3. The summed E-state index contributed by atoms with van der Waals surface area (Å²) in [6, 6.07) is 37.4. The van der Waals surface area contributed by atoms with E-state index < -0.39 is 17.8 Å². The van der Waals surface area contributed by atoms with E-state index in [1.165, 1.54) is 0 Å². The SMILES string of the molecule is O=C1NC(=O)N(c2ccccc2)C(=O)/C1=C\c1cc(-c2ccccc2)n(-c2ccc(Br)cc2)c1-c1ccccc1. The zero-order valence-corrected chi connectivity index (χ0v) is 22.7. The number of carbonyl (C=O) groups excluding carboxylic acids is 3. The number of para-hydroxylation sites is 1. The van der Waals surface area contributed by atoms with Gasteiger partial charge in [0.05, 0.1) is 17.1 Å². The highest BCUT2D eigenvalue weighted by molar-refractivity contribution is 9.10. The predicted octanol–water partition coefficient (Wildman–Crippen LogP) is 7.24. The van der Waals surface area contributed by atoms with Gasteiger partial charge in [0.15, 0.2) is 0 Å². The van der Waals surface area contributed by atoms with Crippen molar-refractivity contribution in [2.45, 2.75) is 0 Å². The summed E-state index contributed by atoms with van der Waals surface area (Å²) in [5.74, 6) is -1.42. The van der Waals surface area contributed by atoms with E-state index in [-0.39, 0.29) is 5.57 Å². The number of nitrogens with zero attached hydrogens (tertiary/aromatic N) is 2. The first-order valence-corrected chi connectivity index (χ1v) is 13.4. The molecule has 0 radical (unpaired) electrons. The molecule has 4 amide bonds. The van der Waals surface area contributed by atoms with Crippen molar-refractivity contribution in [2.75, 3.05) is 4.90 Å². The molecule has 40 heavy (non-hydrogen) atoms. The number of aromatic nitrogens is 1. The summed E-state index contributed by atoms with van der Waals surface area (Å²) in [6.45, 7) is 0. The van der Waals surface area contributed by atoms with Crippen LogP contribution in [0.1, 0.15) is 5.56 Å². The van der Waals surface area contributed by atoms with E-state index in [0.717, 1.165) is 37.6 Å². The van der Waals surface area contributed by atoms with Gasteiger partial charge in [0.1, 0.15) is 5.57 Å². The van der Waals surface area contributed by atoms with E-state index in [9.17, 15) is 14.4 Å². The minimum absolute atomic E-state index is 0.131. The van der Waals surface area contributed by atoms with Crippen LogP contribution in [0.4, 0.5) is 10.5 Å². The Labute approximate surface area is 239 Å². The van der Waals surface area contributed by atoms with Gasteiger partial charge in [-0.1, -0.05) is 94.8 Å². The number of hydrogen-bond donors (Lipinski definition) is 1. The highest BCUT2D eigenvalue weighted by atomic mass is 79.9. The zero-order valence-electron chi connectivity index (χ0n) is 21.1. The number of nitrogens with one attached hydrogen (secondary N) is 1. The van der Waals surface area contributed by atoms with Crippen LogP contribution in [0.5, 0.6) is 0 Å². The second-order valence-electron chi connectivity index (χ2n) is 9.17. The summed E-state index contributed by atoms with van der Waals surface area (Å²) in [6.07, 6.45) is 1.57. The molecule has 194 valence electrons. The molecule has 1 aromatic heterocycles. The Morgan fingerprint density at radius 2 is 1.23 bits per heavy atom. The maximum Gasteiger partial charge on any atom is 0.335 e. The first-order chi connectivity index (χ1) is 19.5. The molecule has 0 unspecified atom stereocenters. The molecule has 1 fully saturated rings. The average Bonchev–Trinajstić information content (AvgIpc) is 3.36. The second kappa shape index (κ2) is 10.6. The van der Waals surface area contributed by atoms with Crippen molar-refractivity contribution in [3.8, 4) is 28.2 Å². The van der Waals surface area contributed by atoms with Gasteiger partial charge in [0.25, 0.3) is 11.8 Å². The number of benzene rings is 4. The molecule has 1 aliphatic rings. The van der Waals surface area contributed by atoms with Gasteiger partial charge in [-0.05, 0) is 59.7 Å². The van der Waals surface area contributed by atoms with Crippen LogP contribution in [0.3, 0.4) is 0 Å². The van der Waals surface area contributed by atoms with Gasteiger partial charge in [-0.2, -0.15) is 0 Å². The zero-order chi connectivity index (χ0) is 27.6. The third kappa shape index (κ3) is 4.67. The quantitative estimate of drug-likeness (QED) is 0.174. The summed E-state index contributed by atoms with van der Waals surface area (Å²) in [7, 11) is 0. The number of halogens is 1. The Morgan fingerprint density at radius 3 is 1.85 bits per heavy atom. The lowest BCUT2D eigenvalue weighted by Crippen LogP contribution is -2.54. The fraction of sp³-hybridized carbons (Fsp3) is 0. The lowest BCUT2D eigenvalue weighted by Gasteiger charge is -2.26. The van der Waals surface area contributed by atoms with E-state index in [1.807, 2.05) is 91.0 Å². The van der Waals surface area contributed by atoms with Crippen molar-refractivity contribution in [1.29, 1.82) is 0 Å². The molecular weight excluding hydrogens is 566 g/mol. The standard InChI is InChI=1S/C33H22BrN3O3/c34-25-16-18-27(19-17-25)36-29(22-10-4-1-5-11-22)21-24(30(36)23-12-6-2-7-13-23)20-28-31(38)35-33(40)37(32(28)39)26-14-8-3-9-15-26/h1-21H,(H,35,38,40)/b28-20-. The van der Waals surface area contributed by atoms with Crippen LogP contribution in [0.25, 0.3) is 34.3 Å². The van der Waals surface area contributed by atoms with Gasteiger partial charge in [0, 0.05) is 15.7 Å². The molecular formula is C33H22BrN3O3. The molecule has 6 nitrogen and oxygen atoms in total. The minimum atomic E-state index is -0.779. The van der Waals surface area contributed by atoms with Gasteiger partial charge in [0.2, 0.25) is 0 Å². The number of rotatable bonds is 5. The summed E-state index contributed by atoms with van der Waals surface area (Å²) in [4.78, 5) is 40.4. The van der Waals surface area contributed by atoms with Crippen molar-refractivity contribution in [3.63, 3.8) is 0 Å². The van der Waals surface area contributed by atoms with E-state index in [1.54, 1.807) is 36.4 Å². The van der Waals surface area contributed by atoms with Gasteiger partial charge in [-0.15, -0.1) is 0 Å². The minimum Gasteiger partial charge on any atom is -0.309 e. The molecule has 6 rings (SSSR count). The first kappa shape index (κ1) is 25.3. The van der Waals surface area contributed by atoms with Gasteiger partial charge in [-0.3, -0.25) is 14.9 Å². The van der Waals surface area contributed by atoms with Crippen LogP contribution < -0.4 is 10.2 Å². The molecule has 0 bridgehead atoms. The van der Waals surface area contributed by atoms with Crippen LogP contribution in [0, 0.1) is 0 Å². The Morgan fingerprint density at radius 1 is 0.650 bits per heavy atom. The molecule has 7 heteroatoms. The number of amides is 4. The first-order valence-electron chi connectivity index (χ1n) is 12.6. The van der Waals surface area contributed by atoms with Crippen LogP contribution in [0.15, 0.2) is 131 Å². The lowest BCUT2D eigenvalue weighted by molar-refractivity contribution is -0.122. The molecule has 0 aliphatic carbocycles. The normalized spacial score (nSPS) is 14.5. The topological polar surface area (TPSA) is 71.4 Å². The summed E-state index contributed by atoms with van der Waals surface area (Å²) < 4.78 is 3.07. The number of imide groups is 2. The number of barbiturate groups is 1. The fourth-order valence-electron chi connectivity index (χ4n) is 4.84. The monoisotopic (exact) mass is 587 g/mol. The summed E-state index contributed by atoms with van der Waals surface area (Å²) >= 11 is 3.53. The number of anilines is 1. The fourth-order valence-corrected chi connectivity index (χ4v) is 5.10. The highest BCUT2D eigenvalue weighted by Crippen LogP contribution is 2.38. The van der Waals surface area contributed by atoms with E-state index in [4.69, 9.17) is 0 Å². The van der Waals surface area contributed by atoms with Crippen molar-refractivity contribution in [3.05, 3.63) is 137 Å². The smallest absolute Gasteiger partial charge is 0.309 e. The van der Waals surface area contributed by atoms with Crippen LogP contribution >= 0.6 is 15.9 Å². The molecule has 0 spiro atoms. The highest BCUT2D eigenvalue weighted by Gasteiger charge is 2.37. The van der Waals surface area contributed by atoms with Crippen molar-refractivity contribution in [2.24, 2.45) is 0 Å². The Hall–Kier alpha value is -5.01. The number of urea groups is 1. The molecule has 4 aromatic carbocycles. The lowest BCUT2D eigenvalue weighted by atomic mass is 10.0. The third-order valence-corrected chi connectivity index (χ3v) is 7.18. The van der Waals surface area contributed by atoms with Crippen LogP contribution in [0.2, 0.25) is 0 Å². The molecule has 1 aliphatic heterocycles. The van der Waals surface area contributed by atoms with Crippen molar-refractivity contribution in [1.82, 2.24) is 9.88 Å².